The van der Waals surface area contributed by atoms with Gasteiger partial charge in [-0.1, -0.05) is 94.7 Å². The van der Waals surface area contributed by atoms with Gasteiger partial charge >= 0.3 is 0 Å². The van der Waals surface area contributed by atoms with Gasteiger partial charge in [-0.2, -0.15) is 0 Å². The average Bonchev–Trinajstić information content (AvgIpc) is 2.24. The summed E-state index contributed by atoms with van der Waals surface area (Å²) in [5.74, 6) is -2.86. The number of aromatic nitrogens is 3. The van der Waals surface area contributed by atoms with Crippen molar-refractivity contribution in [2.45, 2.75) is 211 Å². The third kappa shape index (κ3) is 34.8. The van der Waals surface area contributed by atoms with Gasteiger partial charge in [0.05, 0.1) is 48.7 Å². The van der Waals surface area contributed by atoms with E-state index in [-0.39, 0.29) is 170 Å². The summed E-state index contributed by atoms with van der Waals surface area (Å²) in [5.41, 5.74) is 0.652. The Balaban J connectivity index is 0.00000137. The molecule has 26 nitrogen and oxygen atoms in total. The van der Waals surface area contributed by atoms with Gasteiger partial charge in [0.2, 0.25) is 53.2 Å². The Morgan fingerprint density at radius 1 is 0.522 bits per heavy atom. The van der Waals surface area contributed by atoms with Crippen LogP contribution in [0.1, 0.15) is 180 Å². The number of ketones is 6. The number of aryl methyl sites for hydroxylation is 1. The van der Waals surface area contributed by atoms with Crippen molar-refractivity contribution in [2.75, 3.05) is 52.6 Å². The highest BCUT2D eigenvalue weighted by molar-refractivity contribution is 8.00. The first kappa shape index (κ1) is 82.9. The number of hydrogen-bond donors (Lipinski definition) is 5. The molecule has 2 heterocycles. The summed E-state index contributed by atoms with van der Waals surface area (Å²) in [4.78, 5) is 183. The Morgan fingerprint density at radius 3 is 1.48 bits per heavy atom. The molecular weight excluding hydrogens is 1180 g/mol. The van der Waals surface area contributed by atoms with Crippen molar-refractivity contribution in [2.24, 2.45) is 35.5 Å². The topological polar surface area (TPSA) is 357 Å². The van der Waals surface area contributed by atoms with Gasteiger partial charge in [0, 0.05) is 126 Å². The van der Waals surface area contributed by atoms with Gasteiger partial charge in [-0.15, -0.1) is 16.9 Å². The lowest BCUT2D eigenvalue weighted by Crippen LogP contribution is -2.47. The molecule has 4 atom stereocenters. The second-order valence-electron chi connectivity index (χ2n) is 24.5. The van der Waals surface area contributed by atoms with Crippen LogP contribution >= 0.6 is 11.8 Å². The molecule has 0 spiro atoms. The number of unbranched alkanes of at least 4 members (excludes halogenated alkanes) is 2. The number of carbonyl (C=O) groups is 15. The number of likely N-dealkylation sites (tertiary alicyclic amines) is 1. The summed E-state index contributed by atoms with van der Waals surface area (Å²) in [5, 5.41) is 20.3. The molecule has 1 aliphatic rings. The quantitative estimate of drug-likeness (QED) is 0.0463. The van der Waals surface area contributed by atoms with Gasteiger partial charge in [0.15, 0.2) is 23.1 Å². The lowest BCUT2D eigenvalue weighted by Gasteiger charge is -2.20. The molecule has 0 aliphatic carbocycles. The van der Waals surface area contributed by atoms with E-state index in [2.05, 4.69) is 36.9 Å². The van der Waals surface area contributed by atoms with Crippen molar-refractivity contribution in [3.05, 3.63) is 11.9 Å². The summed E-state index contributed by atoms with van der Waals surface area (Å²) < 4.78 is 1.49. The van der Waals surface area contributed by atoms with Gasteiger partial charge in [-0.05, 0) is 40.0 Å². The highest BCUT2D eigenvalue weighted by Crippen LogP contribution is 2.26. The minimum Gasteiger partial charge on any atom is -0.356 e. The molecule has 1 aromatic heterocycles. The van der Waals surface area contributed by atoms with E-state index in [1.165, 1.54) is 40.3 Å². The molecule has 4 unspecified atom stereocenters. The maximum Gasteiger partial charge on any atom is 0.242 e. The Kier molecular flexibility index (Phi) is 40.2. The van der Waals surface area contributed by atoms with Crippen LogP contribution in [0.3, 0.4) is 0 Å². The summed E-state index contributed by atoms with van der Waals surface area (Å²) in [6, 6.07) is -1.74. The van der Waals surface area contributed by atoms with Crippen LogP contribution in [0.5, 0.6) is 0 Å². The van der Waals surface area contributed by atoms with Crippen LogP contribution in [0, 0.1) is 35.5 Å². The van der Waals surface area contributed by atoms with E-state index in [0.29, 0.717) is 50.1 Å². The molecule has 1 aliphatic heterocycles. The Morgan fingerprint density at radius 2 is 0.989 bits per heavy atom. The third-order valence-electron chi connectivity index (χ3n) is 14.3. The van der Waals surface area contributed by atoms with Crippen LogP contribution in [0.2, 0.25) is 0 Å². The number of Topliss-reactive ketones (excluding diaryl/α,β-unsaturated/α-hetero) is 6. The van der Waals surface area contributed by atoms with Crippen molar-refractivity contribution < 1.29 is 71.9 Å². The fourth-order valence-corrected chi connectivity index (χ4v) is 9.48. The fourth-order valence-electron chi connectivity index (χ4n) is 8.37. The molecule has 90 heavy (non-hydrogen) atoms. The largest absolute Gasteiger partial charge is 0.356 e. The molecule has 1 saturated heterocycles. The number of amides is 9. The predicted molar refractivity (Wildman–Crippen MR) is 341 cm³/mol. The van der Waals surface area contributed by atoms with Crippen molar-refractivity contribution in [1.29, 1.82) is 0 Å². The van der Waals surface area contributed by atoms with Crippen LogP contribution < -0.4 is 26.6 Å². The monoisotopic (exact) mass is 1290 g/mol. The van der Waals surface area contributed by atoms with Gasteiger partial charge in [0.25, 0.3) is 0 Å². The van der Waals surface area contributed by atoms with E-state index >= 15 is 0 Å². The first-order valence-electron chi connectivity index (χ1n) is 31.3. The smallest absolute Gasteiger partial charge is 0.242 e. The summed E-state index contributed by atoms with van der Waals surface area (Å²) in [6.07, 6.45) is 6.35. The highest BCUT2D eigenvalue weighted by atomic mass is 32.2. The van der Waals surface area contributed by atoms with Gasteiger partial charge in [-0.25, -0.2) is 4.68 Å². The van der Waals surface area contributed by atoms with Crippen molar-refractivity contribution >= 4 is 99.6 Å². The van der Waals surface area contributed by atoms with Crippen LogP contribution in [0.25, 0.3) is 0 Å². The zero-order valence-corrected chi connectivity index (χ0v) is 57.3. The molecule has 0 radical (unpaired) electrons. The van der Waals surface area contributed by atoms with E-state index in [1.54, 1.807) is 54.7 Å². The molecule has 0 bridgehead atoms. The van der Waals surface area contributed by atoms with E-state index in [0.717, 1.165) is 17.7 Å². The number of rotatable bonds is 40. The van der Waals surface area contributed by atoms with Crippen LogP contribution in [-0.4, -0.2) is 194 Å². The Labute approximate surface area is 536 Å². The number of hydrogen-bond acceptors (Lipinski definition) is 18. The number of imide groups is 1. The summed E-state index contributed by atoms with van der Waals surface area (Å²) in [6.45, 7) is 26.6. The zero-order valence-electron chi connectivity index (χ0n) is 56.5. The minimum atomic E-state index is -0.654. The number of nitrogens with zero attached hydrogens (tertiary/aromatic N) is 6. The average molecular weight is 1290 g/mol. The maximum atomic E-state index is 12.6. The molecule has 2 rings (SSSR count). The lowest BCUT2D eigenvalue weighted by molar-refractivity contribution is -0.138. The van der Waals surface area contributed by atoms with Crippen LogP contribution in [0.15, 0.2) is 6.20 Å². The summed E-state index contributed by atoms with van der Waals surface area (Å²) in [7, 11) is 2.93. The van der Waals surface area contributed by atoms with E-state index in [4.69, 9.17) is 0 Å². The SMILES string of the molecule is CC(C)C(=O)CCCC(=O)NCCC(=O)N(C)CC(=O)NC(C)C(=O)C(C)C.CC(C)C(=O)CCCCCN1C(=O)CC(SCCC(=O)NCC(=O)N(C)CC(=O)NC(C)C(=O)C(C)C)C1=O.CC(C)C(=O)Cn1cc(CCC(=O)NC(C)C(=O)C(C)C)nn1. The normalized spacial score (nSPS) is 13.8. The van der Waals surface area contributed by atoms with Crippen LogP contribution in [0.4, 0.5) is 0 Å². The number of carbonyl (C=O) groups excluding carboxylic acids is 15. The second kappa shape index (κ2) is 43.6. The molecule has 0 aromatic carbocycles. The van der Waals surface area contributed by atoms with Crippen LogP contribution in [-0.2, 0) is 84.9 Å². The molecule has 9 amide bonds. The minimum absolute atomic E-state index is 0.0106. The van der Waals surface area contributed by atoms with E-state index in [9.17, 15) is 71.9 Å². The first-order chi connectivity index (χ1) is 41.9. The van der Waals surface area contributed by atoms with Crippen molar-refractivity contribution in [1.82, 2.24) is 56.3 Å². The molecule has 27 heteroatoms. The molecular formula is C63H105N11O15S. The number of nitrogens with one attached hydrogen (secondary N) is 5. The number of thioether (sulfide) groups is 1. The third-order valence-corrected chi connectivity index (χ3v) is 15.5. The fraction of sp³-hybridized carbons (Fsp3) is 0.730. The Bertz CT molecular complexity index is 2600. The van der Waals surface area contributed by atoms with Gasteiger partial charge in [0.1, 0.15) is 18.1 Å². The second-order valence-corrected chi connectivity index (χ2v) is 25.9. The van der Waals surface area contributed by atoms with Gasteiger partial charge < -0.3 is 36.4 Å². The maximum absolute atomic E-state index is 12.6. The zero-order chi connectivity index (χ0) is 69.1. The molecule has 5 N–H and O–H groups in total. The van der Waals surface area contributed by atoms with E-state index < -0.39 is 41.1 Å². The molecule has 1 aromatic rings. The molecule has 1 fully saturated rings. The standard InChI is InChI=1S/C27H44N4O7S.C20H35N3O5.C16H26N4O3/c1-17(2)20(32)10-8-7-9-12-31-24(35)14-21(27(31)38)39-13-11-22(33)28-15-25(36)30(6)16-23(34)29-19(5)26(37)18(3)4;1-13(2)16(24)8-7-9-17(25)21-11-10-19(27)23(6)12-18(26)22-15(5)20(28)14(3)4;1-10(2)14(21)9-20-8-13(18-19-20)6-7-15(22)17-12(5)16(23)11(3)4/h17-19,21H,7-16H2,1-6H3,(H,28,33)(H,29,34);13-15H,7-12H2,1-6H3,(H,21,25)(H,22,26);8,10-12H,6-7,9H2,1-5H3,(H,17,22). The number of likely N-dealkylation sites (N-methyl/N-ethyl adjacent to an activating group) is 2. The first-order valence-corrected chi connectivity index (χ1v) is 32.4. The molecule has 0 saturated carbocycles. The highest BCUT2D eigenvalue weighted by Gasteiger charge is 2.38. The molecule has 508 valence electrons. The van der Waals surface area contributed by atoms with Gasteiger partial charge in [-0.3, -0.25) is 76.8 Å². The van der Waals surface area contributed by atoms with E-state index in [1.807, 2.05) is 55.4 Å². The van der Waals surface area contributed by atoms with Crippen molar-refractivity contribution in [3.8, 4) is 0 Å². The predicted octanol–water partition coefficient (Wildman–Crippen LogP) is 3.57. The summed E-state index contributed by atoms with van der Waals surface area (Å²) >= 11 is 1.24. The van der Waals surface area contributed by atoms with Crippen molar-refractivity contribution in [3.63, 3.8) is 0 Å². The Hall–Kier alpha value is -7.06. The lowest BCUT2D eigenvalue weighted by atomic mass is 10.0.